The highest BCUT2D eigenvalue weighted by Gasteiger charge is 2.24. The average molecular weight is 529 g/mol. The fourth-order valence-corrected chi connectivity index (χ4v) is 6.62. The van der Waals surface area contributed by atoms with Crippen molar-refractivity contribution in [1.82, 2.24) is 28.5 Å². The SMILES string of the molecule is CCN(CC)S(=O)(=O)c1cccc(-c2nnc(SCc3cn4c(C)cccc4n3)n2[C@H](C)COC)c1. The number of benzene rings is 1. The molecule has 9 nitrogen and oxygen atoms in total. The van der Waals surface area contributed by atoms with Crippen LogP contribution in [-0.4, -0.2) is 63.7 Å². The van der Waals surface area contributed by atoms with Crippen molar-refractivity contribution in [3.05, 3.63) is 60.0 Å². The number of nitrogens with zero attached hydrogens (tertiary/aromatic N) is 6. The van der Waals surface area contributed by atoms with E-state index in [9.17, 15) is 8.42 Å². The van der Waals surface area contributed by atoms with E-state index >= 15 is 0 Å². The van der Waals surface area contributed by atoms with Crippen molar-refractivity contribution >= 4 is 27.4 Å². The highest BCUT2D eigenvalue weighted by Crippen LogP contribution is 2.31. The zero-order chi connectivity index (χ0) is 25.9. The molecule has 0 N–H and O–H groups in total. The lowest BCUT2D eigenvalue weighted by atomic mass is 10.2. The van der Waals surface area contributed by atoms with E-state index in [4.69, 9.17) is 9.72 Å². The summed E-state index contributed by atoms with van der Waals surface area (Å²) in [7, 11) is -1.94. The molecule has 0 unspecified atom stereocenters. The van der Waals surface area contributed by atoms with Crippen LogP contribution < -0.4 is 0 Å². The fraction of sp³-hybridized carbons (Fsp3) is 0.400. The van der Waals surface area contributed by atoms with Crippen molar-refractivity contribution in [2.24, 2.45) is 0 Å². The second kappa shape index (κ2) is 11.1. The maximum atomic E-state index is 13.1. The van der Waals surface area contributed by atoms with Crippen LogP contribution in [0.3, 0.4) is 0 Å². The summed E-state index contributed by atoms with van der Waals surface area (Å²) in [6, 6.07) is 12.9. The van der Waals surface area contributed by atoms with Crippen LogP contribution in [0.5, 0.6) is 0 Å². The fourth-order valence-electron chi connectivity index (χ4n) is 4.20. The number of pyridine rings is 1. The second-order valence-corrected chi connectivity index (χ2v) is 11.4. The number of rotatable bonds is 11. The molecule has 0 radical (unpaired) electrons. The van der Waals surface area contributed by atoms with Crippen molar-refractivity contribution in [3.63, 3.8) is 0 Å². The summed E-state index contributed by atoms with van der Waals surface area (Å²) >= 11 is 1.54. The summed E-state index contributed by atoms with van der Waals surface area (Å²) in [5, 5.41) is 9.66. The number of methoxy groups -OCH3 is 1. The summed E-state index contributed by atoms with van der Waals surface area (Å²) in [5.74, 6) is 1.22. The number of thioether (sulfide) groups is 1. The quantitative estimate of drug-likeness (QED) is 0.266. The minimum Gasteiger partial charge on any atom is -0.383 e. The smallest absolute Gasteiger partial charge is 0.243 e. The van der Waals surface area contributed by atoms with Gasteiger partial charge in [-0.2, -0.15) is 4.31 Å². The number of ether oxygens (including phenoxy) is 1. The van der Waals surface area contributed by atoms with Gasteiger partial charge >= 0.3 is 0 Å². The predicted molar refractivity (Wildman–Crippen MR) is 142 cm³/mol. The van der Waals surface area contributed by atoms with E-state index in [1.54, 1.807) is 37.1 Å². The zero-order valence-electron chi connectivity index (χ0n) is 21.2. The van der Waals surface area contributed by atoms with E-state index in [1.165, 1.54) is 4.31 Å². The van der Waals surface area contributed by atoms with Crippen LogP contribution in [0.15, 0.2) is 58.7 Å². The highest BCUT2D eigenvalue weighted by atomic mass is 32.2. The predicted octanol–water partition coefficient (Wildman–Crippen LogP) is 4.43. The molecule has 0 bridgehead atoms. The molecule has 0 saturated carbocycles. The van der Waals surface area contributed by atoms with Gasteiger partial charge in [-0.3, -0.25) is 4.57 Å². The first-order chi connectivity index (χ1) is 17.3. The van der Waals surface area contributed by atoms with Gasteiger partial charge in [0, 0.05) is 43.4 Å². The number of imidazole rings is 1. The zero-order valence-corrected chi connectivity index (χ0v) is 22.9. The molecule has 36 heavy (non-hydrogen) atoms. The molecule has 0 aliphatic rings. The second-order valence-electron chi connectivity index (χ2n) is 8.51. The summed E-state index contributed by atoms with van der Waals surface area (Å²) < 4.78 is 37.2. The number of fused-ring (bicyclic) bond motifs is 1. The molecule has 1 aromatic carbocycles. The summed E-state index contributed by atoms with van der Waals surface area (Å²) in [6.07, 6.45) is 2.04. The first kappa shape index (κ1) is 26.3. The van der Waals surface area contributed by atoms with E-state index in [1.807, 2.05) is 49.7 Å². The number of hydrogen-bond donors (Lipinski definition) is 0. The van der Waals surface area contributed by atoms with Crippen molar-refractivity contribution in [3.8, 4) is 11.4 Å². The van der Waals surface area contributed by atoms with E-state index in [0.29, 0.717) is 36.8 Å². The van der Waals surface area contributed by atoms with Gasteiger partial charge < -0.3 is 9.14 Å². The van der Waals surface area contributed by atoms with E-state index < -0.39 is 10.0 Å². The van der Waals surface area contributed by atoms with Crippen LogP contribution in [0.2, 0.25) is 0 Å². The third-order valence-electron chi connectivity index (χ3n) is 6.04. The standard InChI is InChI=1S/C25H32N6O3S2/c1-6-29(7-2)36(32,33)22-12-9-11-20(14-22)24-27-28-25(31(24)19(4)16-34-5)35-17-21-15-30-18(3)10-8-13-23(30)26-21/h8-15,19H,6-7,16-17H2,1-5H3/t19-/m1/s1. The van der Waals surface area contributed by atoms with Gasteiger partial charge in [0.05, 0.1) is 23.2 Å². The molecule has 0 aliphatic heterocycles. The highest BCUT2D eigenvalue weighted by molar-refractivity contribution is 7.98. The molecule has 3 aromatic heterocycles. The van der Waals surface area contributed by atoms with Gasteiger partial charge in [0.15, 0.2) is 11.0 Å². The molecular formula is C25H32N6O3S2. The lowest BCUT2D eigenvalue weighted by Gasteiger charge is -2.20. The largest absolute Gasteiger partial charge is 0.383 e. The molecule has 4 rings (SSSR count). The van der Waals surface area contributed by atoms with Gasteiger partial charge in [-0.05, 0) is 38.1 Å². The molecule has 0 fully saturated rings. The maximum absolute atomic E-state index is 13.1. The number of aryl methyl sites for hydroxylation is 1. The summed E-state index contributed by atoms with van der Waals surface area (Å²) in [6.45, 7) is 9.04. The normalized spacial score (nSPS) is 13.1. The van der Waals surface area contributed by atoms with Gasteiger partial charge in [0.2, 0.25) is 10.0 Å². The Morgan fingerprint density at radius 1 is 1.11 bits per heavy atom. The van der Waals surface area contributed by atoms with Crippen LogP contribution in [0, 0.1) is 6.92 Å². The van der Waals surface area contributed by atoms with Crippen LogP contribution in [0.4, 0.5) is 0 Å². The monoisotopic (exact) mass is 528 g/mol. The van der Waals surface area contributed by atoms with E-state index in [0.717, 1.165) is 22.2 Å². The minimum atomic E-state index is -3.60. The van der Waals surface area contributed by atoms with Gasteiger partial charge in [-0.15, -0.1) is 10.2 Å². The molecule has 3 heterocycles. The molecule has 11 heteroatoms. The van der Waals surface area contributed by atoms with Gasteiger partial charge in [-0.1, -0.05) is 43.8 Å². The van der Waals surface area contributed by atoms with E-state index in [-0.39, 0.29) is 10.9 Å². The molecule has 192 valence electrons. The molecule has 1 atom stereocenters. The van der Waals surface area contributed by atoms with Crippen molar-refractivity contribution in [2.75, 3.05) is 26.8 Å². The first-order valence-corrected chi connectivity index (χ1v) is 14.3. The van der Waals surface area contributed by atoms with Crippen molar-refractivity contribution in [1.29, 1.82) is 0 Å². The Morgan fingerprint density at radius 2 is 1.86 bits per heavy atom. The van der Waals surface area contributed by atoms with Gasteiger partial charge in [0.25, 0.3) is 0 Å². The number of sulfonamides is 1. The Bertz CT molecular complexity index is 1440. The molecule has 0 aliphatic carbocycles. The molecule has 0 saturated heterocycles. The first-order valence-electron chi connectivity index (χ1n) is 11.9. The Labute approximate surface area is 216 Å². The average Bonchev–Trinajstić information content (AvgIpc) is 3.48. The third-order valence-corrected chi connectivity index (χ3v) is 9.07. The molecule has 0 spiro atoms. The van der Waals surface area contributed by atoms with Crippen molar-refractivity contribution in [2.45, 2.75) is 49.5 Å². The Morgan fingerprint density at radius 3 is 2.56 bits per heavy atom. The maximum Gasteiger partial charge on any atom is 0.243 e. The molecule has 0 amide bonds. The van der Waals surface area contributed by atoms with Crippen LogP contribution in [0.1, 0.15) is 38.2 Å². The lowest BCUT2D eigenvalue weighted by Crippen LogP contribution is -2.30. The Balaban J connectivity index is 1.68. The van der Waals surface area contributed by atoms with Crippen LogP contribution in [0.25, 0.3) is 17.0 Å². The Kier molecular flexibility index (Phi) is 8.13. The lowest BCUT2D eigenvalue weighted by molar-refractivity contribution is 0.159. The minimum absolute atomic E-state index is 0.0612. The summed E-state index contributed by atoms with van der Waals surface area (Å²) in [5.41, 5.74) is 3.66. The molecular weight excluding hydrogens is 496 g/mol. The third kappa shape index (κ3) is 5.19. The summed E-state index contributed by atoms with van der Waals surface area (Å²) in [4.78, 5) is 4.97. The topological polar surface area (TPSA) is 94.6 Å². The number of aromatic nitrogens is 5. The molecule has 4 aromatic rings. The van der Waals surface area contributed by atoms with Crippen LogP contribution in [-0.2, 0) is 20.5 Å². The van der Waals surface area contributed by atoms with Crippen LogP contribution >= 0.6 is 11.8 Å². The van der Waals surface area contributed by atoms with Crippen molar-refractivity contribution < 1.29 is 13.2 Å². The number of hydrogen-bond acceptors (Lipinski definition) is 7. The van der Waals surface area contributed by atoms with Gasteiger partial charge in [-0.25, -0.2) is 13.4 Å². The Hall–Kier alpha value is -2.73. The van der Waals surface area contributed by atoms with E-state index in [2.05, 4.69) is 27.6 Å². The van der Waals surface area contributed by atoms with Gasteiger partial charge in [0.1, 0.15) is 5.65 Å².